The summed E-state index contributed by atoms with van der Waals surface area (Å²) in [6.45, 7) is 9.76. The molecular formula is C12H16O. The highest BCUT2D eigenvalue weighted by Crippen LogP contribution is 2.30. The second-order valence-electron chi connectivity index (χ2n) is 3.54. The van der Waals surface area contributed by atoms with Crippen LogP contribution in [-0.2, 0) is 0 Å². The van der Waals surface area contributed by atoms with Crippen molar-refractivity contribution in [3.05, 3.63) is 41.5 Å². The first-order valence-corrected chi connectivity index (χ1v) is 4.49. The Morgan fingerprint density at radius 3 is 2.46 bits per heavy atom. The van der Waals surface area contributed by atoms with Gasteiger partial charge in [-0.15, -0.1) is 6.58 Å². The first-order valence-electron chi connectivity index (χ1n) is 4.49. The van der Waals surface area contributed by atoms with Gasteiger partial charge in [-0.25, -0.2) is 0 Å². The molecule has 0 radical (unpaired) electrons. The minimum atomic E-state index is 0.209. The summed E-state index contributed by atoms with van der Waals surface area (Å²) in [4.78, 5) is 0. The van der Waals surface area contributed by atoms with Crippen LogP contribution in [0.25, 0.3) is 0 Å². The van der Waals surface area contributed by atoms with Crippen molar-refractivity contribution < 1.29 is 5.11 Å². The van der Waals surface area contributed by atoms with Gasteiger partial charge in [0.2, 0.25) is 0 Å². The molecule has 0 aromatic heterocycles. The highest BCUT2D eigenvalue weighted by atomic mass is 16.3. The van der Waals surface area contributed by atoms with Crippen molar-refractivity contribution in [1.29, 1.82) is 0 Å². The van der Waals surface area contributed by atoms with Gasteiger partial charge in [0.25, 0.3) is 0 Å². The molecule has 0 bridgehead atoms. The van der Waals surface area contributed by atoms with Gasteiger partial charge in [-0.05, 0) is 31.0 Å². The average molecular weight is 176 g/mol. The van der Waals surface area contributed by atoms with Crippen LogP contribution in [0.4, 0.5) is 0 Å². The number of rotatable bonds is 2. The second kappa shape index (κ2) is 3.65. The van der Waals surface area contributed by atoms with Crippen molar-refractivity contribution in [2.45, 2.75) is 26.7 Å². The van der Waals surface area contributed by atoms with Crippen LogP contribution >= 0.6 is 0 Å². The molecule has 1 aromatic rings. The normalized spacial score (nSPS) is 12.5. The van der Waals surface area contributed by atoms with E-state index in [4.69, 9.17) is 0 Å². The fourth-order valence-electron chi connectivity index (χ4n) is 1.67. The molecule has 1 rings (SSSR count). The molecule has 1 atom stereocenters. The molecular weight excluding hydrogens is 160 g/mol. The number of aryl methyl sites for hydroxylation is 2. The van der Waals surface area contributed by atoms with E-state index in [1.807, 2.05) is 26.8 Å². The summed E-state index contributed by atoms with van der Waals surface area (Å²) >= 11 is 0. The predicted octanol–water partition coefficient (Wildman–Crippen LogP) is 3.30. The second-order valence-corrected chi connectivity index (χ2v) is 3.54. The average Bonchev–Trinajstić information content (AvgIpc) is 2.02. The van der Waals surface area contributed by atoms with Gasteiger partial charge >= 0.3 is 0 Å². The van der Waals surface area contributed by atoms with Gasteiger partial charge in [0.1, 0.15) is 5.75 Å². The Kier molecular flexibility index (Phi) is 2.76. The van der Waals surface area contributed by atoms with Crippen molar-refractivity contribution in [1.82, 2.24) is 0 Å². The zero-order valence-corrected chi connectivity index (χ0v) is 8.46. The van der Waals surface area contributed by atoms with E-state index in [1.165, 1.54) is 0 Å². The largest absolute Gasteiger partial charge is 0.508 e. The lowest BCUT2D eigenvalue weighted by Gasteiger charge is -2.13. The number of phenolic OH excluding ortho intramolecular Hbond substituents is 1. The zero-order chi connectivity index (χ0) is 10.0. The first-order chi connectivity index (χ1) is 6.06. The molecule has 1 heteroatoms. The number of allylic oxidation sites excluding steroid dienone is 1. The van der Waals surface area contributed by atoms with E-state index in [0.29, 0.717) is 5.75 Å². The lowest BCUT2D eigenvalue weighted by molar-refractivity contribution is 0.465. The molecule has 1 N–H and O–H groups in total. The lowest BCUT2D eigenvalue weighted by atomic mass is 9.94. The van der Waals surface area contributed by atoms with Gasteiger partial charge in [0.15, 0.2) is 0 Å². The molecule has 0 aliphatic rings. The lowest BCUT2D eigenvalue weighted by Crippen LogP contribution is -1.94. The van der Waals surface area contributed by atoms with Gasteiger partial charge in [-0.2, -0.15) is 0 Å². The maximum absolute atomic E-state index is 9.73. The zero-order valence-electron chi connectivity index (χ0n) is 8.46. The van der Waals surface area contributed by atoms with Gasteiger partial charge in [0, 0.05) is 11.5 Å². The Balaban J connectivity index is 3.28. The number of phenols is 1. The Morgan fingerprint density at radius 2 is 2.00 bits per heavy atom. The molecule has 0 saturated carbocycles. The Morgan fingerprint density at radius 1 is 1.38 bits per heavy atom. The summed E-state index contributed by atoms with van der Waals surface area (Å²) in [6.07, 6.45) is 1.84. The van der Waals surface area contributed by atoms with Crippen molar-refractivity contribution in [2.75, 3.05) is 0 Å². The summed E-state index contributed by atoms with van der Waals surface area (Å²) in [5.74, 6) is 0.588. The highest BCUT2D eigenvalue weighted by molar-refractivity contribution is 5.45. The number of hydrogen-bond donors (Lipinski definition) is 1. The first kappa shape index (κ1) is 9.85. The molecule has 0 spiro atoms. The van der Waals surface area contributed by atoms with Gasteiger partial charge in [-0.1, -0.05) is 19.1 Å². The third-order valence-electron chi connectivity index (χ3n) is 2.32. The summed E-state index contributed by atoms with van der Waals surface area (Å²) < 4.78 is 0. The van der Waals surface area contributed by atoms with Crippen LogP contribution in [0.5, 0.6) is 5.75 Å². The molecule has 0 fully saturated rings. The molecule has 0 unspecified atom stereocenters. The van der Waals surface area contributed by atoms with E-state index in [2.05, 4.69) is 12.6 Å². The maximum atomic E-state index is 9.73. The SMILES string of the molecule is C=C[C@H](C)c1c(C)cc(C)cc1O. The van der Waals surface area contributed by atoms with E-state index in [-0.39, 0.29) is 5.92 Å². The van der Waals surface area contributed by atoms with Crippen LogP contribution in [0.15, 0.2) is 24.8 Å². The van der Waals surface area contributed by atoms with E-state index in [0.717, 1.165) is 16.7 Å². The van der Waals surface area contributed by atoms with Gasteiger partial charge in [-0.3, -0.25) is 0 Å². The molecule has 0 aliphatic heterocycles. The quantitative estimate of drug-likeness (QED) is 0.685. The van der Waals surface area contributed by atoms with Crippen LogP contribution in [0.2, 0.25) is 0 Å². The third-order valence-corrected chi connectivity index (χ3v) is 2.32. The predicted molar refractivity (Wildman–Crippen MR) is 56.2 cm³/mol. The topological polar surface area (TPSA) is 20.2 Å². The minimum absolute atomic E-state index is 0.209. The van der Waals surface area contributed by atoms with Crippen molar-refractivity contribution >= 4 is 0 Å². The fraction of sp³-hybridized carbons (Fsp3) is 0.333. The van der Waals surface area contributed by atoms with Crippen molar-refractivity contribution in [3.63, 3.8) is 0 Å². The standard InChI is InChI=1S/C12H16O/c1-5-9(3)12-10(4)6-8(2)7-11(12)13/h5-7,9,13H,1H2,2-4H3/t9-/m0/s1. The van der Waals surface area contributed by atoms with E-state index < -0.39 is 0 Å². The maximum Gasteiger partial charge on any atom is 0.119 e. The van der Waals surface area contributed by atoms with Crippen LogP contribution in [0.1, 0.15) is 29.5 Å². The molecule has 13 heavy (non-hydrogen) atoms. The summed E-state index contributed by atoms with van der Waals surface area (Å²) in [7, 11) is 0. The Bertz CT molecular complexity index is 303. The summed E-state index contributed by atoms with van der Waals surface area (Å²) in [6, 6.07) is 3.87. The third kappa shape index (κ3) is 1.92. The van der Waals surface area contributed by atoms with Crippen LogP contribution < -0.4 is 0 Å². The van der Waals surface area contributed by atoms with Crippen LogP contribution in [0, 0.1) is 13.8 Å². The van der Waals surface area contributed by atoms with Crippen molar-refractivity contribution in [2.24, 2.45) is 0 Å². The molecule has 1 nitrogen and oxygen atoms in total. The van der Waals surface area contributed by atoms with Crippen LogP contribution in [-0.4, -0.2) is 5.11 Å². The summed E-state index contributed by atoms with van der Waals surface area (Å²) in [5, 5.41) is 9.73. The smallest absolute Gasteiger partial charge is 0.119 e. The Labute approximate surface area is 79.7 Å². The van der Waals surface area contributed by atoms with E-state index in [1.54, 1.807) is 6.07 Å². The van der Waals surface area contributed by atoms with Crippen molar-refractivity contribution in [3.8, 4) is 5.75 Å². The fourth-order valence-corrected chi connectivity index (χ4v) is 1.67. The minimum Gasteiger partial charge on any atom is -0.508 e. The van der Waals surface area contributed by atoms with Gasteiger partial charge < -0.3 is 5.11 Å². The number of benzene rings is 1. The number of aromatic hydroxyl groups is 1. The number of hydrogen-bond acceptors (Lipinski definition) is 1. The molecule has 70 valence electrons. The Hall–Kier alpha value is -1.24. The van der Waals surface area contributed by atoms with E-state index in [9.17, 15) is 5.11 Å². The molecule has 1 aromatic carbocycles. The summed E-state index contributed by atoms with van der Waals surface area (Å²) in [5.41, 5.74) is 3.21. The molecule has 0 saturated heterocycles. The van der Waals surface area contributed by atoms with E-state index >= 15 is 0 Å². The molecule has 0 heterocycles. The highest BCUT2D eigenvalue weighted by Gasteiger charge is 2.10. The molecule has 0 aliphatic carbocycles. The van der Waals surface area contributed by atoms with Gasteiger partial charge in [0.05, 0.1) is 0 Å². The van der Waals surface area contributed by atoms with Crippen LogP contribution in [0.3, 0.4) is 0 Å². The molecule has 0 amide bonds. The monoisotopic (exact) mass is 176 g/mol.